The summed E-state index contributed by atoms with van der Waals surface area (Å²) in [6, 6.07) is 10.7. The van der Waals surface area contributed by atoms with Crippen molar-refractivity contribution < 1.29 is 19.0 Å². The minimum atomic E-state index is -1.06. The third kappa shape index (κ3) is 3.59. The Morgan fingerprint density at radius 1 is 1.20 bits per heavy atom. The standard InChI is InChI=1S/C15H10ClFO3/c16-12-9-11(17)6-7-14(12)20-13-4-2-1-3-10(13)5-8-15(18)19/h1-9H,(H,18,19). The van der Waals surface area contributed by atoms with Crippen LogP contribution in [0.25, 0.3) is 6.08 Å². The van der Waals surface area contributed by atoms with Gasteiger partial charge in [0.2, 0.25) is 0 Å². The average molecular weight is 293 g/mol. The van der Waals surface area contributed by atoms with Gasteiger partial charge in [0.15, 0.2) is 0 Å². The SMILES string of the molecule is O=C(O)C=Cc1ccccc1Oc1ccc(F)cc1Cl. The predicted molar refractivity (Wildman–Crippen MR) is 74.6 cm³/mol. The third-order valence-corrected chi connectivity index (χ3v) is 2.73. The Labute approximate surface area is 119 Å². The molecule has 0 bridgehead atoms. The van der Waals surface area contributed by atoms with Crippen LogP contribution in [-0.4, -0.2) is 11.1 Å². The van der Waals surface area contributed by atoms with E-state index >= 15 is 0 Å². The van der Waals surface area contributed by atoms with Crippen LogP contribution in [0, 0.1) is 5.82 Å². The molecule has 1 N–H and O–H groups in total. The van der Waals surface area contributed by atoms with Gasteiger partial charge < -0.3 is 9.84 Å². The van der Waals surface area contributed by atoms with Crippen LogP contribution in [0.4, 0.5) is 4.39 Å². The summed E-state index contributed by atoms with van der Waals surface area (Å²) in [5, 5.41) is 8.78. The fourth-order valence-electron chi connectivity index (χ4n) is 1.55. The van der Waals surface area contributed by atoms with Crippen LogP contribution in [0.1, 0.15) is 5.56 Å². The molecule has 5 heteroatoms. The van der Waals surface area contributed by atoms with Gasteiger partial charge in [0.1, 0.15) is 17.3 Å². The number of benzene rings is 2. The van der Waals surface area contributed by atoms with Gasteiger partial charge in [-0.15, -0.1) is 0 Å². The van der Waals surface area contributed by atoms with E-state index in [1.54, 1.807) is 24.3 Å². The molecule has 20 heavy (non-hydrogen) atoms. The number of ether oxygens (including phenoxy) is 1. The van der Waals surface area contributed by atoms with Crippen molar-refractivity contribution in [1.82, 2.24) is 0 Å². The Hall–Kier alpha value is -2.33. The van der Waals surface area contributed by atoms with Crippen LogP contribution >= 0.6 is 11.6 Å². The lowest BCUT2D eigenvalue weighted by atomic mass is 10.2. The zero-order valence-electron chi connectivity index (χ0n) is 10.2. The second-order valence-electron chi connectivity index (χ2n) is 3.89. The first-order valence-electron chi connectivity index (χ1n) is 5.69. The highest BCUT2D eigenvalue weighted by Crippen LogP contribution is 2.32. The van der Waals surface area contributed by atoms with Crippen molar-refractivity contribution in [1.29, 1.82) is 0 Å². The number of para-hydroxylation sites is 1. The fourth-order valence-corrected chi connectivity index (χ4v) is 1.75. The number of hydrogen-bond donors (Lipinski definition) is 1. The molecule has 2 aromatic rings. The first-order valence-corrected chi connectivity index (χ1v) is 6.07. The van der Waals surface area contributed by atoms with Crippen molar-refractivity contribution in [2.45, 2.75) is 0 Å². The molecule has 0 aliphatic rings. The molecule has 0 saturated heterocycles. The Morgan fingerprint density at radius 2 is 1.95 bits per heavy atom. The number of carbonyl (C=O) groups is 1. The summed E-state index contributed by atoms with van der Waals surface area (Å²) in [6.07, 6.45) is 2.42. The predicted octanol–water partition coefficient (Wildman–Crippen LogP) is 4.37. The second kappa shape index (κ2) is 6.21. The molecule has 0 atom stereocenters. The van der Waals surface area contributed by atoms with E-state index in [-0.39, 0.29) is 5.02 Å². The van der Waals surface area contributed by atoms with Gasteiger partial charge in [-0.1, -0.05) is 29.8 Å². The molecule has 2 rings (SSSR count). The summed E-state index contributed by atoms with van der Waals surface area (Å²) in [6.45, 7) is 0. The molecular weight excluding hydrogens is 283 g/mol. The maximum Gasteiger partial charge on any atom is 0.328 e. The molecule has 0 spiro atoms. The zero-order valence-corrected chi connectivity index (χ0v) is 11.0. The molecule has 0 aromatic heterocycles. The van der Waals surface area contributed by atoms with E-state index in [1.165, 1.54) is 18.2 Å². The van der Waals surface area contributed by atoms with Crippen LogP contribution in [0.3, 0.4) is 0 Å². The summed E-state index contributed by atoms with van der Waals surface area (Å²) >= 11 is 5.88. The topological polar surface area (TPSA) is 46.5 Å². The van der Waals surface area contributed by atoms with E-state index in [0.29, 0.717) is 17.1 Å². The molecule has 3 nitrogen and oxygen atoms in total. The smallest absolute Gasteiger partial charge is 0.328 e. The minimum Gasteiger partial charge on any atom is -0.478 e. The molecular formula is C15H10ClFO3. The molecule has 2 aromatic carbocycles. The molecule has 0 aliphatic carbocycles. The van der Waals surface area contributed by atoms with Crippen molar-refractivity contribution in [2.24, 2.45) is 0 Å². The van der Waals surface area contributed by atoms with Crippen molar-refractivity contribution in [3.63, 3.8) is 0 Å². The Morgan fingerprint density at radius 3 is 2.65 bits per heavy atom. The number of carboxylic acids is 1. The number of hydrogen-bond acceptors (Lipinski definition) is 2. The lowest BCUT2D eigenvalue weighted by Gasteiger charge is -2.10. The van der Waals surface area contributed by atoms with E-state index in [4.69, 9.17) is 21.4 Å². The van der Waals surface area contributed by atoms with E-state index in [2.05, 4.69) is 0 Å². The van der Waals surface area contributed by atoms with Crippen molar-refractivity contribution in [3.05, 3.63) is 64.9 Å². The summed E-state index contributed by atoms with van der Waals surface area (Å²) in [5.41, 5.74) is 0.579. The van der Waals surface area contributed by atoms with Gasteiger partial charge in [-0.05, 0) is 30.3 Å². The molecule has 0 amide bonds. The van der Waals surface area contributed by atoms with E-state index in [0.717, 1.165) is 12.1 Å². The van der Waals surface area contributed by atoms with Gasteiger partial charge in [-0.2, -0.15) is 0 Å². The number of carboxylic acid groups (broad SMARTS) is 1. The van der Waals surface area contributed by atoms with Gasteiger partial charge in [-0.25, -0.2) is 9.18 Å². The first kappa shape index (κ1) is 14.1. The second-order valence-corrected chi connectivity index (χ2v) is 4.29. The van der Waals surface area contributed by atoms with Gasteiger partial charge in [0, 0.05) is 11.6 Å². The summed E-state index contributed by atoms with van der Waals surface area (Å²) in [4.78, 5) is 10.5. The van der Waals surface area contributed by atoms with Crippen LogP contribution < -0.4 is 4.74 Å². The number of rotatable bonds is 4. The largest absolute Gasteiger partial charge is 0.478 e. The van der Waals surface area contributed by atoms with Crippen molar-refractivity contribution >= 4 is 23.6 Å². The summed E-state index contributed by atoms with van der Waals surface area (Å²) in [5.74, 6) is -0.788. The highest BCUT2D eigenvalue weighted by Gasteiger charge is 2.07. The van der Waals surface area contributed by atoms with E-state index in [9.17, 15) is 9.18 Å². The molecule has 0 radical (unpaired) electrons. The number of halogens is 2. The Bertz CT molecular complexity index is 668. The quantitative estimate of drug-likeness (QED) is 0.851. The Kier molecular flexibility index (Phi) is 4.38. The first-order chi connectivity index (χ1) is 9.56. The van der Waals surface area contributed by atoms with Gasteiger partial charge >= 0.3 is 5.97 Å². The highest BCUT2D eigenvalue weighted by molar-refractivity contribution is 6.32. The van der Waals surface area contributed by atoms with Crippen molar-refractivity contribution in [3.8, 4) is 11.5 Å². The van der Waals surface area contributed by atoms with Gasteiger partial charge in [0.25, 0.3) is 0 Å². The highest BCUT2D eigenvalue weighted by atomic mass is 35.5. The lowest BCUT2D eigenvalue weighted by Crippen LogP contribution is -1.90. The minimum absolute atomic E-state index is 0.141. The van der Waals surface area contributed by atoms with Crippen LogP contribution in [0.5, 0.6) is 11.5 Å². The van der Waals surface area contributed by atoms with Crippen LogP contribution in [0.15, 0.2) is 48.5 Å². The van der Waals surface area contributed by atoms with Crippen molar-refractivity contribution in [2.75, 3.05) is 0 Å². The Balaban J connectivity index is 2.31. The molecule has 102 valence electrons. The average Bonchev–Trinajstić information content (AvgIpc) is 2.41. The van der Waals surface area contributed by atoms with Crippen LogP contribution in [0.2, 0.25) is 5.02 Å². The number of aliphatic carboxylic acids is 1. The molecule has 0 fully saturated rings. The van der Waals surface area contributed by atoms with Crippen LogP contribution in [-0.2, 0) is 4.79 Å². The monoisotopic (exact) mass is 292 g/mol. The fraction of sp³-hybridized carbons (Fsp3) is 0. The lowest BCUT2D eigenvalue weighted by molar-refractivity contribution is -0.131. The molecule has 0 aliphatic heterocycles. The third-order valence-electron chi connectivity index (χ3n) is 2.44. The molecule has 0 saturated carbocycles. The maximum atomic E-state index is 13.0. The summed E-state index contributed by atoms with van der Waals surface area (Å²) in [7, 11) is 0. The summed E-state index contributed by atoms with van der Waals surface area (Å²) < 4.78 is 18.5. The zero-order chi connectivity index (χ0) is 14.5. The maximum absolute atomic E-state index is 13.0. The van der Waals surface area contributed by atoms with E-state index in [1.807, 2.05) is 0 Å². The van der Waals surface area contributed by atoms with Gasteiger partial charge in [0.05, 0.1) is 5.02 Å². The molecule has 0 heterocycles. The normalized spacial score (nSPS) is 10.7. The van der Waals surface area contributed by atoms with E-state index < -0.39 is 11.8 Å². The van der Waals surface area contributed by atoms with Gasteiger partial charge in [-0.3, -0.25) is 0 Å². The molecule has 0 unspecified atom stereocenters.